The lowest BCUT2D eigenvalue weighted by molar-refractivity contribution is -0.116. The van der Waals surface area contributed by atoms with Crippen molar-refractivity contribution in [3.05, 3.63) is 42.2 Å². The van der Waals surface area contributed by atoms with Crippen molar-refractivity contribution in [3.63, 3.8) is 0 Å². The number of tetrazole rings is 1. The quantitative estimate of drug-likeness (QED) is 0.817. The average Bonchev–Trinajstić information content (AvgIpc) is 2.94. The first-order valence-electron chi connectivity index (χ1n) is 6.07. The van der Waals surface area contributed by atoms with Gasteiger partial charge >= 0.3 is 0 Å². The summed E-state index contributed by atoms with van der Waals surface area (Å²) in [4.78, 5) is 11.4. The number of ether oxygens (including phenoxy) is 1. The molecule has 0 aliphatic carbocycles. The van der Waals surface area contributed by atoms with Gasteiger partial charge in [0, 0.05) is 0 Å². The number of hydrogen-bond donors (Lipinski definition) is 1. The molecule has 1 aromatic heterocycles. The number of amides is 1. The third kappa shape index (κ3) is 3.19. The second-order valence-electron chi connectivity index (χ2n) is 3.92. The van der Waals surface area contributed by atoms with Gasteiger partial charge in [-0.3, -0.25) is 4.79 Å². The molecule has 0 saturated carbocycles. The molecule has 0 atom stereocenters. The number of aromatic nitrogens is 4. The highest BCUT2D eigenvalue weighted by Crippen LogP contribution is 2.14. The number of carbonyl (C=O) groups is 1. The molecule has 1 amide bonds. The van der Waals surface area contributed by atoms with E-state index in [0.717, 1.165) is 11.4 Å². The molecule has 1 aromatic carbocycles. The molecule has 1 N–H and O–H groups in total. The summed E-state index contributed by atoms with van der Waals surface area (Å²) in [5, 5.41) is 14.1. The maximum Gasteiger partial charge on any atom is 0.244 e. The molecule has 20 heavy (non-hydrogen) atoms. The number of hydrogen-bond acceptors (Lipinski definition) is 5. The standard InChI is InChI=1S/C13H15N5O2/c1-3-4-13(19)14-9-12-15-16-17-18(12)10-5-7-11(20-2)8-6-10/h3-8H,9H2,1-2H3,(H,14,19)/b4-3-. The SMILES string of the molecule is C/C=C\C(=O)NCc1nnnn1-c1ccc(OC)cc1. The molecular formula is C13H15N5O2. The highest BCUT2D eigenvalue weighted by molar-refractivity contribution is 5.87. The predicted molar refractivity (Wildman–Crippen MR) is 72.4 cm³/mol. The molecule has 2 rings (SSSR count). The van der Waals surface area contributed by atoms with Gasteiger partial charge in [0.2, 0.25) is 5.91 Å². The largest absolute Gasteiger partial charge is 0.497 e. The van der Waals surface area contributed by atoms with Crippen LogP contribution in [0.1, 0.15) is 12.7 Å². The van der Waals surface area contributed by atoms with Gasteiger partial charge in [-0.05, 0) is 47.7 Å². The molecular weight excluding hydrogens is 258 g/mol. The van der Waals surface area contributed by atoms with Crippen LogP contribution in [-0.4, -0.2) is 33.2 Å². The average molecular weight is 273 g/mol. The number of carbonyl (C=O) groups excluding carboxylic acids is 1. The van der Waals surface area contributed by atoms with E-state index in [1.807, 2.05) is 24.3 Å². The predicted octanol–water partition coefficient (Wildman–Crippen LogP) is 0.863. The van der Waals surface area contributed by atoms with Gasteiger partial charge < -0.3 is 10.1 Å². The van der Waals surface area contributed by atoms with Gasteiger partial charge in [0.15, 0.2) is 5.82 Å². The van der Waals surface area contributed by atoms with Gasteiger partial charge in [0.1, 0.15) is 5.75 Å². The van der Waals surface area contributed by atoms with Gasteiger partial charge in [-0.1, -0.05) is 6.08 Å². The van der Waals surface area contributed by atoms with Crippen LogP contribution in [0.25, 0.3) is 5.69 Å². The summed E-state index contributed by atoms with van der Waals surface area (Å²) < 4.78 is 6.66. The number of methoxy groups -OCH3 is 1. The summed E-state index contributed by atoms with van der Waals surface area (Å²) >= 11 is 0. The molecule has 0 unspecified atom stereocenters. The van der Waals surface area contributed by atoms with Gasteiger partial charge in [-0.2, -0.15) is 4.68 Å². The van der Waals surface area contributed by atoms with Crippen LogP contribution in [0.4, 0.5) is 0 Å². The third-order valence-corrected chi connectivity index (χ3v) is 2.59. The first kappa shape index (κ1) is 13.7. The molecule has 0 radical (unpaired) electrons. The van der Waals surface area contributed by atoms with Crippen LogP contribution in [-0.2, 0) is 11.3 Å². The van der Waals surface area contributed by atoms with E-state index in [1.165, 1.54) is 6.08 Å². The molecule has 2 aromatic rings. The summed E-state index contributed by atoms with van der Waals surface area (Å²) in [6, 6.07) is 7.32. The van der Waals surface area contributed by atoms with Crippen LogP contribution in [0.3, 0.4) is 0 Å². The van der Waals surface area contributed by atoms with E-state index < -0.39 is 0 Å². The summed E-state index contributed by atoms with van der Waals surface area (Å²) in [6.07, 6.45) is 3.11. The van der Waals surface area contributed by atoms with E-state index in [1.54, 1.807) is 24.8 Å². The number of rotatable bonds is 5. The minimum Gasteiger partial charge on any atom is -0.497 e. The lowest BCUT2D eigenvalue weighted by atomic mass is 10.3. The summed E-state index contributed by atoms with van der Waals surface area (Å²) in [5.74, 6) is 1.12. The Morgan fingerprint density at radius 2 is 2.15 bits per heavy atom. The maximum atomic E-state index is 11.4. The van der Waals surface area contributed by atoms with Crippen LogP contribution in [0, 0.1) is 0 Å². The van der Waals surface area contributed by atoms with Crippen molar-refractivity contribution in [2.75, 3.05) is 7.11 Å². The van der Waals surface area contributed by atoms with Gasteiger partial charge in [-0.15, -0.1) is 5.10 Å². The number of benzene rings is 1. The molecule has 0 bridgehead atoms. The maximum absolute atomic E-state index is 11.4. The van der Waals surface area contributed by atoms with E-state index in [4.69, 9.17) is 4.74 Å². The highest BCUT2D eigenvalue weighted by atomic mass is 16.5. The Hall–Kier alpha value is -2.70. The Morgan fingerprint density at radius 1 is 1.40 bits per heavy atom. The molecule has 1 heterocycles. The fraction of sp³-hybridized carbons (Fsp3) is 0.231. The molecule has 0 aliphatic rings. The van der Waals surface area contributed by atoms with Crippen LogP contribution in [0.2, 0.25) is 0 Å². The molecule has 7 nitrogen and oxygen atoms in total. The molecule has 0 spiro atoms. The monoisotopic (exact) mass is 273 g/mol. The number of allylic oxidation sites excluding steroid dienone is 1. The van der Waals surface area contributed by atoms with E-state index in [2.05, 4.69) is 20.8 Å². The molecule has 104 valence electrons. The fourth-order valence-corrected chi connectivity index (χ4v) is 1.62. The van der Waals surface area contributed by atoms with Crippen molar-refractivity contribution in [2.24, 2.45) is 0 Å². The Bertz CT molecular complexity index is 603. The summed E-state index contributed by atoms with van der Waals surface area (Å²) in [6.45, 7) is 2.03. The Balaban J connectivity index is 2.13. The third-order valence-electron chi connectivity index (χ3n) is 2.59. The van der Waals surface area contributed by atoms with Gasteiger partial charge in [-0.25, -0.2) is 0 Å². The van der Waals surface area contributed by atoms with Crippen LogP contribution in [0.5, 0.6) is 5.75 Å². The van der Waals surface area contributed by atoms with Crippen LogP contribution in [0.15, 0.2) is 36.4 Å². The second-order valence-corrected chi connectivity index (χ2v) is 3.92. The summed E-state index contributed by atoms with van der Waals surface area (Å²) in [5.41, 5.74) is 0.797. The number of nitrogens with one attached hydrogen (secondary N) is 1. The van der Waals surface area contributed by atoms with E-state index in [-0.39, 0.29) is 12.5 Å². The lowest BCUT2D eigenvalue weighted by Gasteiger charge is -2.06. The Labute approximate surface area is 116 Å². The van der Waals surface area contributed by atoms with Gasteiger partial charge in [0.05, 0.1) is 19.3 Å². The van der Waals surface area contributed by atoms with Crippen molar-refractivity contribution >= 4 is 5.91 Å². The van der Waals surface area contributed by atoms with Crippen molar-refractivity contribution in [3.8, 4) is 11.4 Å². The van der Waals surface area contributed by atoms with Crippen LogP contribution < -0.4 is 10.1 Å². The highest BCUT2D eigenvalue weighted by Gasteiger charge is 2.08. The van der Waals surface area contributed by atoms with E-state index in [9.17, 15) is 4.79 Å². The first-order chi connectivity index (χ1) is 9.74. The zero-order chi connectivity index (χ0) is 14.4. The topological polar surface area (TPSA) is 81.9 Å². The Kier molecular flexibility index (Phi) is 4.43. The Morgan fingerprint density at radius 3 is 2.80 bits per heavy atom. The zero-order valence-corrected chi connectivity index (χ0v) is 11.3. The van der Waals surface area contributed by atoms with Gasteiger partial charge in [0.25, 0.3) is 0 Å². The first-order valence-corrected chi connectivity index (χ1v) is 6.07. The molecule has 0 saturated heterocycles. The van der Waals surface area contributed by atoms with Crippen LogP contribution >= 0.6 is 0 Å². The second kappa shape index (κ2) is 6.46. The van der Waals surface area contributed by atoms with E-state index >= 15 is 0 Å². The zero-order valence-electron chi connectivity index (χ0n) is 11.3. The summed E-state index contributed by atoms with van der Waals surface area (Å²) in [7, 11) is 1.61. The van der Waals surface area contributed by atoms with Crippen molar-refractivity contribution in [1.29, 1.82) is 0 Å². The lowest BCUT2D eigenvalue weighted by Crippen LogP contribution is -2.22. The molecule has 7 heteroatoms. The van der Waals surface area contributed by atoms with Crippen molar-refractivity contribution in [1.82, 2.24) is 25.5 Å². The fourth-order valence-electron chi connectivity index (χ4n) is 1.62. The minimum atomic E-state index is -0.184. The van der Waals surface area contributed by atoms with Crippen molar-refractivity contribution < 1.29 is 9.53 Å². The minimum absolute atomic E-state index is 0.184. The van der Waals surface area contributed by atoms with E-state index in [0.29, 0.717) is 5.82 Å². The smallest absolute Gasteiger partial charge is 0.244 e. The molecule has 0 fully saturated rings. The normalized spacial score (nSPS) is 10.7. The van der Waals surface area contributed by atoms with Crippen molar-refractivity contribution in [2.45, 2.75) is 13.5 Å². The number of nitrogens with zero attached hydrogens (tertiary/aromatic N) is 4. The molecule has 0 aliphatic heterocycles.